The molecule has 1 amide bonds. The molecule has 0 atom stereocenters. The molecule has 1 aliphatic carbocycles. The number of benzene rings is 1. The first kappa shape index (κ1) is 16.8. The number of hydrogen-bond acceptors (Lipinski definition) is 4. The van der Waals surface area contributed by atoms with Crippen LogP contribution < -0.4 is 14.8 Å². The number of carbonyl (C=O) groups excluding carboxylic acids is 1. The Bertz CT molecular complexity index is 673. The summed E-state index contributed by atoms with van der Waals surface area (Å²) >= 11 is 0. The molecule has 0 radical (unpaired) electrons. The number of ether oxygens (including phenoxy) is 1. The number of methoxy groups -OCH3 is 1. The number of sulfonamides is 1. The normalized spacial score (nSPS) is 15.5. The smallest absolute Gasteiger partial charge is 0.251 e. The molecular weight excluding hydrogens is 304 g/mol. The second-order valence-electron chi connectivity index (χ2n) is 6.47. The van der Waals surface area contributed by atoms with Crippen LogP contribution in [0.1, 0.15) is 44.0 Å². The number of rotatable bonds is 5. The van der Waals surface area contributed by atoms with Crippen molar-refractivity contribution in [2.45, 2.75) is 50.1 Å². The highest BCUT2D eigenvalue weighted by atomic mass is 32.2. The third-order valence-corrected chi connectivity index (χ3v) is 4.64. The minimum atomic E-state index is -3.69. The summed E-state index contributed by atoms with van der Waals surface area (Å²) in [4.78, 5) is 12.2. The molecule has 1 aromatic carbocycles. The van der Waals surface area contributed by atoms with Crippen LogP contribution in [0.25, 0.3) is 0 Å². The molecule has 1 saturated carbocycles. The van der Waals surface area contributed by atoms with Crippen LogP contribution in [0, 0.1) is 0 Å². The molecule has 1 fully saturated rings. The highest BCUT2D eigenvalue weighted by molar-refractivity contribution is 7.89. The Kier molecular flexibility index (Phi) is 4.49. The van der Waals surface area contributed by atoms with Crippen molar-refractivity contribution in [3.63, 3.8) is 0 Å². The van der Waals surface area contributed by atoms with E-state index in [1.165, 1.54) is 19.2 Å². The molecule has 6 nitrogen and oxygen atoms in total. The van der Waals surface area contributed by atoms with E-state index in [0.717, 1.165) is 12.8 Å². The van der Waals surface area contributed by atoms with Gasteiger partial charge < -0.3 is 10.1 Å². The van der Waals surface area contributed by atoms with Crippen LogP contribution in [-0.2, 0) is 10.0 Å². The molecule has 0 aliphatic heterocycles. The lowest BCUT2D eigenvalue weighted by molar-refractivity contribution is 0.0919. The van der Waals surface area contributed by atoms with E-state index in [1.807, 2.05) is 20.8 Å². The Labute approximate surface area is 131 Å². The summed E-state index contributed by atoms with van der Waals surface area (Å²) in [6.45, 7) is 5.59. The van der Waals surface area contributed by atoms with E-state index < -0.39 is 15.6 Å². The molecule has 0 heterocycles. The van der Waals surface area contributed by atoms with Crippen molar-refractivity contribution in [1.29, 1.82) is 0 Å². The molecule has 1 aromatic rings. The first-order chi connectivity index (χ1) is 10.1. The lowest BCUT2D eigenvalue weighted by Crippen LogP contribution is -2.40. The highest BCUT2D eigenvalue weighted by Gasteiger charge is 2.30. The van der Waals surface area contributed by atoms with Crippen molar-refractivity contribution >= 4 is 15.9 Å². The van der Waals surface area contributed by atoms with Gasteiger partial charge in [0.25, 0.3) is 5.91 Å². The molecule has 1 aliphatic rings. The van der Waals surface area contributed by atoms with E-state index in [0.29, 0.717) is 0 Å². The molecule has 22 heavy (non-hydrogen) atoms. The summed E-state index contributed by atoms with van der Waals surface area (Å²) in [5.74, 6) is -0.0986. The van der Waals surface area contributed by atoms with Crippen LogP contribution in [0.5, 0.6) is 5.75 Å². The summed E-state index contributed by atoms with van der Waals surface area (Å²) < 4.78 is 32.5. The lowest BCUT2D eigenvalue weighted by Gasteiger charge is -2.21. The number of hydrogen-bond donors (Lipinski definition) is 2. The van der Waals surface area contributed by atoms with E-state index in [1.54, 1.807) is 6.07 Å². The summed E-state index contributed by atoms with van der Waals surface area (Å²) in [5, 5.41) is 2.81. The molecule has 0 bridgehead atoms. The van der Waals surface area contributed by atoms with Crippen LogP contribution in [0.3, 0.4) is 0 Å². The second kappa shape index (κ2) is 5.89. The Hall–Kier alpha value is -1.60. The Balaban J connectivity index is 2.35. The van der Waals surface area contributed by atoms with Crippen LogP contribution in [-0.4, -0.2) is 33.0 Å². The summed E-state index contributed by atoms with van der Waals surface area (Å²) in [7, 11) is -2.29. The Morgan fingerprint density at radius 2 is 1.91 bits per heavy atom. The first-order valence-corrected chi connectivity index (χ1v) is 8.63. The van der Waals surface area contributed by atoms with Crippen LogP contribution in [0.4, 0.5) is 0 Å². The van der Waals surface area contributed by atoms with Gasteiger partial charge in [-0.05, 0) is 51.8 Å². The largest absolute Gasteiger partial charge is 0.495 e. The topological polar surface area (TPSA) is 84.5 Å². The zero-order chi connectivity index (χ0) is 16.5. The van der Waals surface area contributed by atoms with Crippen molar-refractivity contribution in [2.75, 3.05) is 7.11 Å². The molecule has 0 aromatic heterocycles. The van der Waals surface area contributed by atoms with E-state index in [-0.39, 0.29) is 28.2 Å². The van der Waals surface area contributed by atoms with Crippen molar-refractivity contribution < 1.29 is 17.9 Å². The van der Waals surface area contributed by atoms with Gasteiger partial charge in [0, 0.05) is 17.1 Å². The molecule has 2 rings (SSSR count). The fraction of sp³-hybridized carbons (Fsp3) is 0.533. The highest BCUT2D eigenvalue weighted by Crippen LogP contribution is 2.28. The zero-order valence-electron chi connectivity index (χ0n) is 13.3. The predicted octanol–water partition coefficient (Wildman–Crippen LogP) is 1.66. The maximum absolute atomic E-state index is 12.4. The standard InChI is InChI=1S/C15H22N2O4S/c1-15(2,3)16-14(18)10-5-8-12(21-4)13(9-10)22(19,20)17-11-6-7-11/h5,8-9,11,17H,6-7H2,1-4H3,(H,16,18). The molecule has 0 saturated heterocycles. The third-order valence-electron chi connectivity index (χ3n) is 3.10. The van der Waals surface area contributed by atoms with Gasteiger partial charge in [0.1, 0.15) is 10.6 Å². The monoisotopic (exact) mass is 326 g/mol. The Morgan fingerprint density at radius 1 is 1.27 bits per heavy atom. The van der Waals surface area contributed by atoms with Gasteiger partial charge in [-0.1, -0.05) is 0 Å². The second-order valence-corrected chi connectivity index (χ2v) is 8.15. The van der Waals surface area contributed by atoms with Crippen LogP contribution >= 0.6 is 0 Å². The summed E-state index contributed by atoms with van der Waals surface area (Å²) in [6.07, 6.45) is 1.68. The van der Waals surface area contributed by atoms with E-state index in [4.69, 9.17) is 4.74 Å². The van der Waals surface area contributed by atoms with Gasteiger partial charge in [0.05, 0.1) is 7.11 Å². The molecule has 122 valence electrons. The summed E-state index contributed by atoms with van der Waals surface area (Å²) in [6, 6.07) is 4.39. The predicted molar refractivity (Wildman–Crippen MR) is 83.6 cm³/mol. The maximum Gasteiger partial charge on any atom is 0.251 e. The average Bonchev–Trinajstić information content (AvgIpc) is 3.19. The molecule has 0 unspecified atom stereocenters. The van der Waals surface area contributed by atoms with Gasteiger partial charge in [0.15, 0.2) is 0 Å². The van der Waals surface area contributed by atoms with Gasteiger partial charge in [-0.3, -0.25) is 4.79 Å². The third kappa shape index (κ3) is 4.20. The van der Waals surface area contributed by atoms with Crippen molar-refractivity contribution in [1.82, 2.24) is 10.0 Å². The zero-order valence-corrected chi connectivity index (χ0v) is 14.1. The maximum atomic E-state index is 12.4. The van der Waals surface area contributed by atoms with Crippen LogP contribution in [0.2, 0.25) is 0 Å². The minimum Gasteiger partial charge on any atom is -0.495 e. The Morgan fingerprint density at radius 3 is 2.41 bits per heavy atom. The first-order valence-electron chi connectivity index (χ1n) is 7.15. The SMILES string of the molecule is COc1ccc(C(=O)NC(C)(C)C)cc1S(=O)(=O)NC1CC1. The van der Waals surface area contributed by atoms with Gasteiger partial charge in [0.2, 0.25) is 10.0 Å². The fourth-order valence-electron chi connectivity index (χ4n) is 1.92. The minimum absolute atomic E-state index is 0.0107. The van der Waals surface area contributed by atoms with Gasteiger partial charge in [-0.2, -0.15) is 0 Å². The number of carbonyl (C=O) groups is 1. The number of amides is 1. The van der Waals surface area contributed by atoms with Crippen LogP contribution in [0.15, 0.2) is 23.1 Å². The van der Waals surface area contributed by atoms with E-state index >= 15 is 0 Å². The lowest BCUT2D eigenvalue weighted by atomic mass is 10.1. The van der Waals surface area contributed by atoms with E-state index in [9.17, 15) is 13.2 Å². The van der Waals surface area contributed by atoms with Gasteiger partial charge >= 0.3 is 0 Å². The van der Waals surface area contributed by atoms with Crippen molar-refractivity contribution in [2.24, 2.45) is 0 Å². The number of nitrogens with one attached hydrogen (secondary N) is 2. The molecular formula is C15H22N2O4S. The van der Waals surface area contributed by atoms with Crippen molar-refractivity contribution in [3.05, 3.63) is 23.8 Å². The fourth-order valence-corrected chi connectivity index (χ4v) is 3.42. The summed E-state index contributed by atoms with van der Waals surface area (Å²) in [5.41, 5.74) is -0.116. The van der Waals surface area contributed by atoms with Crippen molar-refractivity contribution in [3.8, 4) is 5.75 Å². The van der Waals surface area contributed by atoms with E-state index in [2.05, 4.69) is 10.0 Å². The average molecular weight is 326 g/mol. The molecule has 7 heteroatoms. The quantitative estimate of drug-likeness (QED) is 0.862. The van der Waals surface area contributed by atoms with Gasteiger partial charge in [-0.15, -0.1) is 0 Å². The van der Waals surface area contributed by atoms with Gasteiger partial charge in [-0.25, -0.2) is 13.1 Å². The molecule has 0 spiro atoms. The molecule has 2 N–H and O–H groups in total.